The Morgan fingerprint density at radius 2 is 2.00 bits per heavy atom. The van der Waals surface area contributed by atoms with Crippen molar-refractivity contribution in [2.24, 2.45) is 12.5 Å². The molecule has 2 aromatic rings. The molecule has 2 saturated heterocycles. The summed E-state index contributed by atoms with van der Waals surface area (Å²) in [5, 5.41) is 9.31. The lowest BCUT2D eigenvalue weighted by molar-refractivity contribution is -0.140. The summed E-state index contributed by atoms with van der Waals surface area (Å²) in [5.41, 5.74) is 4.44. The number of pyridine rings is 1. The molecule has 4 rings (SSSR count). The minimum Gasteiger partial charge on any atom is -0.340 e. The van der Waals surface area contributed by atoms with E-state index in [2.05, 4.69) is 22.9 Å². The predicted molar refractivity (Wildman–Crippen MR) is 111 cm³/mol. The molecule has 1 spiro atoms. The first-order valence-electron chi connectivity index (χ1n) is 10.4. The lowest BCUT2D eigenvalue weighted by Gasteiger charge is -2.48. The van der Waals surface area contributed by atoms with Crippen LogP contribution in [-0.4, -0.2) is 44.9 Å². The SMILES string of the molecule is Cc1c(CN2CCC[C@@]3(CCC(=O)N(Cc4ccncc4)C3)C2)cc(C#N)n1C. The summed E-state index contributed by atoms with van der Waals surface area (Å²) in [5.74, 6) is 0.266. The lowest BCUT2D eigenvalue weighted by Crippen LogP contribution is -2.53. The number of nitriles is 1. The highest BCUT2D eigenvalue weighted by molar-refractivity contribution is 5.77. The summed E-state index contributed by atoms with van der Waals surface area (Å²) in [7, 11) is 1.96. The van der Waals surface area contributed by atoms with Crippen molar-refractivity contribution in [1.29, 1.82) is 5.26 Å². The Morgan fingerprint density at radius 3 is 2.72 bits per heavy atom. The molecule has 0 saturated carbocycles. The van der Waals surface area contributed by atoms with E-state index in [1.807, 2.05) is 34.7 Å². The Hall–Kier alpha value is -2.65. The molecule has 2 aliphatic rings. The number of carbonyl (C=O) groups is 1. The van der Waals surface area contributed by atoms with Gasteiger partial charge >= 0.3 is 0 Å². The van der Waals surface area contributed by atoms with Gasteiger partial charge in [-0.15, -0.1) is 0 Å². The average molecular weight is 392 g/mol. The van der Waals surface area contributed by atoms with Gasteiger partial charge in [0.25, 0.3) is 0 Å². The van der Waals surface area contributed by atoms with Gasteiger partial charge in [0.15, 0.2) is 0 Å². The quantitative estimate of drug-likeness (QED) is 0.804. The maximum atomic E-state index is 12.6. The van der Waals surface area contributed by atoms with Gasteiger partial charge in [0, 0.05) is 63.2 Å². The minimum atomic E-state index is 0.180. The molecule has 0 N–H and O–H groups in total. The Labute approximate surface area is 172 Å². The topological polar surface area (TPSA) is 65.2 Å². The summed E-state index contributed by atoms with van der Waals surface area (Å²) in [6.45, 7) is 6.57. The smallest absolute Gasteiger partial charge is 0.222 e. The zero-order valence-corrected chi connectivity index (χ0v) is 17.4. The van der Waals surface area contributed by atoms with Crippen molar-refractivity contribution in [3.63, 3.8) is 0 Å². The average Bonchev–Trinajstić information content (AvgIpc) is 3.00. The van der Waals surface area contributed by atoms with Gasteiger partial charge in [-0.05, 0) is 62.1 Å². The highest BCUT2D eigenvalue weighted by atomic mass is 16.2. The van der Waals surface area contributed by atoms with Gasteiger partial charge in [-0.2, -0.15) is 5.26 Å². The first kappa shape index (κ1) is 19.7. The third-order valence-electron chi connectivity index (χ3n) is 6.76. The largest absolute Gasteiger partial charge is 0.340 e. The van der Waals surface area contributed by atoms with Crippen LogP contribution in [0.4, 0.5) is 0 Å². The van der Waals surface area contributed by atoms with Crippen LogP contribution in [0, 0.1) is 23.7 Å². The second-order valence-electron chi connectivity index (χ2n) is 8.73. The molecule has 2 aliphatic heterocycles. The van der Waals surface area contributed by atoms with Gasteiger partial charge in [-0.3, -0.25) is 14.7 Å². The zero-order chi connectivity index (χ0) is 20.4. The van der Waals surface area contributed by atoms with Crippen molar-refractivity contribution in [3.8, 4) is 6.07 Å². The van der Waals surface area contributed by atoms with Gasteiger partial charge in [0.1, 0.15) is 11.8 Å². The number of nitrogens with zero attached hydrogens (tertiary/aromatic N) is 5. The van der Waals surface area contributed by atoms with Gasteiger partial charge in [-0.1, -0.05) is 0 Å². The molecule has 6 nitrogen and oxygen atoms in total. The molecule has 0 unspecified atom stereocenters. The molecule has 1 amide bonds. The van der Waals surface area contributed by atoms with E-state index in [9.17, 15) is 10.1 Å². The van der Waals surface area contributed by atoms with Crippen LogP contribution >= 0.6 is 0 Å². The summed E-state index contributed by atoms with van der Waals surface area (Å²) in [6.07, 6.45) is 7.54. The normalized spacial score (nSPS) is 22.8. The van der Waals surface area contributed by atoms with Crippen LogP contribution in [-0.2, 0) is 24.9 Å². The minimum absolute atomic E-state index is 0.180. The molecular weight excluding hydrogens is 362 g/mol. The monoisotopic (exact) mass is 391 g/mol. The van der Waals surface area contributed by atoms with Crippen molar-refractivity contribution in [3.05, 3.63) is 53.1 Å². The van der Waals surface area contributed by atoms with Crippen molar-refractivity contribution in [2.75, 3.05) is 19.6 Å². The van der Waals surface area contributed by atoms with Crippen LogP contribution in [0.5, 0.6) is 0 Å². The number of hydrogen-bond donors (Lipinski definition) is 0. The first-order chi connectivity index (χ1) is 14.0. The van der Waals surface area contributed by atoms with Crippen molar-refractivity contribution in [1.82, 2.24) is 19.4 Å². The maximum absolute atomic E-state index is 12.6. The van der Waals surface area contributed by atoms with E-state index in [-0.39, 0.29) is 11.3 Å². The van der Waals surface area contributed by atoms with Crippen molar-refractivity contribution < 1.29 is 4.79 Å². The lowest BCUT2D eigenvalue weighted by atomic mass is 9.73. The van der Waals surface area contributed by atoms with E-state index in [1.165, 1.54) is 17.7 Å². The Kier molecular flexibility index (Phi) is 5.42. The molecule has 29 heavy (non-hydrogen) atoms. The van der Waals surface area contributed by atoms with Gasteiger partial charge in [-0.25, -0.2) is 0 Å². The summed E-state index contributed by atoms with van der Waals surface area (Å²) in [6, 6.07) is 8.29. The van der Waals surface area contributed by atoms with Crippen LogP contribution < -0.4 is 0 Å². The van der Waals surface area contributed by atoms with Crippen molar-refractivity contribution >= 4 is 5.91 Å². The van der Waals surface area contributed by atoms with Crippen LogP contribution in [0.15, 0.2) is 30.6 Å². The molecule has 0 aliphatic carbocycles. The Morgan fingerprint density at radius 1 is 1.21 bits per heavy atom. The van der Waals surface area contributed by atoms with Crippen LogP contribution in [0.25, 0.3) is 0 Å². The molecule has 0 bridgehead atoms. The summed E-state index contributed by atoms with van der Waals surface area (Å²) in [4.78, 5) is 21.2. The molecule has 0 radical (unpaired) electrons. The number of rotatable bonds is 4. The maximum Gasteiger partial charge on any atom is 0.222 e. The van der Waals surface area contributed by atoms with E-state index in [0.29, 0.717) is 13.0 Å². The standard InChI is InChI=1S/C23H29N5O/c1-18-20(12-21(13-24)26(18)2)15-27-11-3-7-23(16-27)8-4-22(29)28(17-23)14-19-5-9-25-10-6-19/h5-6,9-10,12H,3-4,7-8,11,14-17H2,1-2H3/t23-/m1/s1. The molecule has 0 aromatic carbocycles. The predicted octanol–water partition coefficient (Wildman–Crippen LogP) is 3.01. The number of piperidine rings is 2. The van der Waals surface area contributed by atoms with Gasteiger partial charge in [0.05, 0.1) is 0 Å². The molecule has 2 fully saturated rings. The van der Waals surface area contributed by atoms with E-state index < -0.39 is 0 Å². The number of aromatic nitrogens is 2. The molecule has 152 valence electrons. The fourth-order valence-corrected chi connectivity index (χ4v) is 5.00. The number of hydrogen-bond acceptors (Lipinski definition) is 4. The first-order valence-corrected chi connectivity index (χ1v) is 10.4. The summed E-state index contributed by atoms with van der Waals surface area (Å²) >= 11 is 0. The molecule has 6 heteroatoms. The van der Waals surface area contributed by atoms with Crippen LogP contribution in [0.2, 0.25) is 0 Å². The summed E-state index contributed by atoms with van der Waals surface area (Å²) < 4.78 is 1.98. The zero-order valence-electron chi connectivity index (χ0n) is 17.4. The number of likely N-dealkylation sites (tertiary alicyclic amines) is 2. The molecule has 4 heterocycles. The van der Waals surface area contributed by atoms with Crippen LogP contribution in [0.3, 0.4) is 0 Å². The number of carbonyl (C=O) groups excluding carboxylic acids is 1. The Balaban J connectivity index is 1.46. The molecule has 2 aromatic heterocycles. The fourth-order valence-electron chi connectivity index (χ4n) is 5.00. The second-order valence-corrected chi connectivity index (χ2v) is 8.73. The van der Waals surface area contributed by atoms with Gasteiger partial charge in [0.2, 0.25) is 5.91 Å². The number of amides is 1. The third kappa shape index (κ3) is 4.06. The van der Waals surface area contributed by atoms with E-state index in [0.717, 1.165) is 50.3 Å². The Bertz CT molecular complexity index is 929. The highest BCUT2D eigenvalue weighted by Gasteiger charge is 2.41. The van der Waals surface area contributed by atoms with Gasteiger partial charge < -0.3 is 9.47 Å². The second kappa shape index (κ2) is 8.00. The van der Waals surface area contributed by atoms with E-state index in [4.69, 9.17) is 0 Å². The molecule has 1 atom stereocenters. The third-order valence-corrected chi connectivity index (χ3v) is 6.76. The molecular formula is C23H29N5O. The fraction of sp³-hybridized carbons (Fsp3) is 0.522. The van der Waals surface area contributed by atoms with E-state index in [1.54, 1.807) is 12.4 Å². The van der Waals surface area contributed by atoms with Crippen LogP contribution in [0.1, 0.15) is 48.2 Å². The van der Waals surface area contributed by atoms with E-state index >= 15 is 0 Å². The highest BCUT2D eigenvalue weighted by Crippen LogP contribution is 2.39. The van der Waals surface area contributed by atoms with Crippen molar-refractivity contribution in [2.45, 2.75) is 45.7 Å².